The van der Waals surface area contributed by atoms with Gasteiger partial charge in [0.15, 0.2) is 0 Å². The standard InChI is InChI=1S/C24H17ClF2O2/c1-28-23-16(14-6-3-4-9-21(14)26)10-12-19-18(23)13-11-17(24(19)29-2)15-7-5-8-20(25)22(15)27/h3-13H,1-2H3. The maximum Gasteiger partial charge on any atom is 0.149 e. The lowest BCUT2D eigenvalue weighted by molar-refractivity contribution is 0.417. The van der Waals surface area contributed by atoms with Gasteiger partial charge in [-0.25, -0.2) is 8.78 Å². The fourth-order valence-corrected chi connectivity index (χ4v) is 3.78. The molecule has 4 aromatic rings. The summed E-state index contributed by atoms with van der Waals surface area (Å²) < 4.78 is 40.3. The molecule has 0 aliphatic carbocycles. The van der Waals surface area contributed by atoms with Crippen LogP contribution in [0.25, 0.3) is 33.0 Å². The minimum atomic E-state index is -0.512. The van der Waals surface area contributed by atoms with Crippen molar-refractivity contribution in [1.29, 1.82) is 0 Å². The Morgan fingerprint density at radius 2 is 1.17 bits per heavy atom. The van der Waals surface area contributed by atoms with E-state index in [-0.39, 0.29) is 10.8 Å². The zero-order valence-electron chi connectivity index (χ0n) is 15.8. The molecule has 0 heterocycles. The minimum absolute atomic E-state index is 0.0390. The molecular formula is C24H17ClF2O2. The van der Waals surface area contributed by atoms with Gasteiger partial charge in [0.25, 0.3) is 0 Å². The van der Waals surface area contributed by atoms with Crippen LogP contribution < -0.4 is 9.47 Å². The molecule has 0 saturated carbocycles. The topological polar surface area (TPSA) is 18.5 Å². The van der Waals surface area contributed by atoms with Gasteiger partial charge in [0.2, 0.25) is 0 Å². The van der Waals surface area contributed by atoms with Crippen LogP contribution in [0.2, 0.25) is 5.02 Å². The normalized spacial score (nSPS) is 10.9. The first-order valence-corrected chi connectivity index (χ1v) is 9.31. The average Bonchev–Trinajstić information content (AvgIpc) is 2.74. The third-order valence-corrected chi connectivity index (χ3v) is 5.21. The number of methoxy groups -OCH3 is 2. The fraction of sp³-hybridized carbons (Fsp3) is 0.0833. The van der Waals surface area contributed by atoms with Crippen molar-refractivity contribution in [2.75, 3.05) is 14.2 Å². The Kier molecular flexibility index (Phi) is 5.12. The van der Waals surface area contributed by atoms with Gasteiger partial charge in [-0.3, -0.25) is 0 Å². The van der Waals surface area contributed by atoms with Crippen LogP contribution in [-0.2, 0) is 0 Å². The van der Waals surface area contributed by atoms with Gasteiger partial charge in [-0.1, -0.05) is 41.9 Å². The van der Waals surface area contributed by atoms with Crippen molar-refractivity contribution in [2.45, 2.75) is 0 Å². The van der Waals surface area contributed by atoms with E-state index in [1.54, 1.807) is 42.5 Å². The van der Waals surface area contributed by atoms with E-state index in [1.165, 1.54) is 26.4 Å². The number of hydrogen-bond acceptors (Lipinski definition) is 2. The van der Waals surface area contributed by atoms with Crippen LogP contribution in [0.3, 0.4) is 0 Å². The number of benzene rings is 4. The lowest BCUT2D eigenvalue weighted by Gasteiger charge is -2.17. The molecule has 0 aliphatic rings. The van der Waals surface area contributed by atoms with E-state index in [0.717, 1.165) is 10.8 Å². The molecule has 0 aliphatic heterocycles. The monoisotopic (exact) mass is 410 g/mol. The predicted molar refractivity (Wildman–Crippen MR) is 113 cm³/mol. The highest BCUT2D eigenvalue weighted by atomic mass is 35.5. The summed E-state index contributed by atoms with van der Waals surface area (Å²) in [4.78, 5) is 0. The predicted octanol–water partition coefficient (Wildman–Crippen LogP) is 7.12. The Morgan fingerprint density at radius 3 is 1.76 bits per heavy atom. The van der Waals surface area contributed by atoms with Crippen molar-refractivity contribution in [3.63, 3.8) is 0 Å². The third kappa shape index (κ3) is 3.19. The molecule has 4 aromatic carbocycles. The van der Waals surface area contributed by atoms with Crippen LogP contribution in [0.15, 0.2) is 66.7 Å². The van der Waals surface area contributed by atoms with Crippen molar-refractivity contribution >= 4 is 22.4 Å². The first-order valence-electron chi connectivity index (χ1n) is 8.93. The molecule has 0 spiro atoms. The number of rotatable bonds is 4. The van der Waals surface area contributed by atoms with Crippen molar-refractivity contribution in [2.24, 2.45) is 0 Å². The lowest BCUT2D eigenvalue weighted by atomic mass is 9.95. The average molecular weight is 411 g/mol. The third-order valence-electron chi connectivity index (χ3n) is 4.92. The summed E-state index contributed by atoms with van der Waals surface area (Å²) in [5.74, 6) is 0.155. The van der Waals surface area contributed by atoms with Gasteiger partial charge >= 0.3 is 0 Å². The number of hydrogen-bond donors (Lipinski definition) is 0. The van der Waals surface area contributed by atoms with Gasteiger partial charge in [0.1, 0.15) is 23.1 Å². The molecule has 0 fully saturated rings. The summed E-state index contributed by atoms with van der Waals surface area (Å²) >= 11 is 5.96. The zero-order chi connectivity index (χ0) is 20.5. The van der Waals surface area contributed by atoms with Gasteiger partial charge in [-0.15, -0.1) is 0 Å². The van der Waals surface area contributed by atoms with E-state index in [2.05, 4.69) is 0 Å². The van der Waals surface area contributed by atoms with Gasteiger partial charge in [-0.2, -0.15) is 0 Å². The van der Waals surface area contributed by atoms with Crippen molar-refractivity contribution in [1.82, 2.24) is 0 Å². The molecule has 2 nitrogen and oxygen atoms in total. The highest BCUT2D eigenvalue weighted by Crippen LogP contribution is 2.45. The molecule has 0 amide bonds. The maximum absolute atomic E-state index is 14.6. The Hall–Kier alpha value is -3.11. The van der Waals surface area contributed by atoms with Crippen LogP contribution in [0.5, 0.6) is 11.5 Å². The van der Waals surface area contributed by atoms with Gasteiger partial charge < -0.3 is 9.47 Å². The number of halogens is 3. The molecule has 0 saturated heterocycles. The molecule has 146 valence electrons. The molecule has 5 heteroatoms. The van der Waals surface area contributed by atoms with E-state index < -0.39 is 5.82 Å². The molecular weight excluding hydrogens is 394 g/mol. The van der Waals surface area contributed by atoms with Crippen LogP contribution in [0, 0.1) is 11.6 Å². The minimum Gasteiger partial charge on any atom is -0.495 e. The Bertz CT molecular complexity index is 1220. The molecule has 0 N–H and O–H groups in total. The smallest absolute Gasteiger partial charge is 0.149 e. The van der Waals surface area contributed by atoms with Crippen molar-refractivity contribution in [3.8, 4) is 33.8 Å². The second-order valence-electron chi connectivity index (χ2n) is 6.47. The van der Waals surface area contributed by atoms with Crippen LogP contribution in [0.4, 0.5) is 8.78 Å². The molecule has 0 radical (unpaired) electrons. The van der Waals surface area contributed by atoms with Crippen molar-refractivity contribution < 1.29 is 18.3 Å². The summed E-state index contributed by atoms with van der Waals surface area (Å²) in [6.45, 7) is 0. The van der Waals surface area contributed by atoms with E-state index in [9.17, 15) is 8.78 Å². The number of fused-ring (bicyclic) bond motifs is 1. The second kappa shape index (κ2) is 7.72. The first-order chi connectivity index (χ1) is 14.1. The van der Waals surface area contributed by atoms with E-state index in [0.29, 0.717) is 33.8 Å². The summed E-state index contributed by atoms with van der Waals surface area (Å²) in [6.07, 6.45) is 0. The maximum atomic E-state index is 14.6. The zero-order valence-corrected chi connectivity index (χ0v) is 16.6. The van der Waals surface area contributed by atoms with Crippen LogP contribution in [-0.4, -0.2) is 14.2 Å². The van der Waals surface area contributed by atoms with E-state index in [1.807, 2.05) is 12.1 Å². The summed E-state index contributed by atoms with van der Waals surface area (Å²) in [6, 6.07) is 18.5. The molecule has 0 aromatic heterocycles. The Balaban J connectivity index is 2.01. The summed E-state index contributed by atoms with van der Waals surface area (Å²) in [7, 11) is 3.06. The van der Waals surface area contributed by atoms with E-state index >= 15 is 0 Å². The van der Waals surface area contributed by atoms with Gasteiger partial charge in [-0.05, 0) is 36.4 Å². The molecule has 0 unspecified atom stereocenters. The van der Waals surface area contributed by atoms with Gasteiger partial charge in [0, 0.05) is 33.0 Å². The highest BCUT2D eigenvalue weighted by Gasteiger charge is 2.19. The second-order valence-corrected chi connectivity index (χ2v) is 6.88. The Labute approximate surface area is 172 Å². The Morgan fingerprint density at radius 1 is 0.621 bits per heavy atom. The SMILES string of the molecule is COc1c(-c2ccccc2F)ccc2c(OC)c(-c3cccc(Cl)c3F)ccc12. The molecule has 0 bridgehead atoms. The first kappa shape index (κ1) is 19.2. The quantitative estimate of drug-likeness (QED) is 0.356. The van der Waals surface area contributed by atoms with Crippen molar-refractivity contribution in [3.05, 3.63) is 83.4 Å². The van der Waals surface area contributed by atoms with Gasteiger partial charge in [0.05, 0.1) is 19.2 Å². The summed E-state index contributed by atoms with van der Waals surface area (Å²) in [5.41, 5.74) is 1.98. The van der Waals surface area contributed by atoms with Crippen LogP contribution in [0.1, 0.15) is 0 Å². The largest absolute Gasteiger partial charge is 0.495 e. The van der Waals surface area contributed by atoms with E-state index in [4.69, 9.17) is 21.1 Å². The van der Waals surface area contributed by atoms with Crippen LogP contribution >= 0.6 is 11.6 Å². The molecule has 4 rings (SSSR count). The molecule has 0 atom stereocenters. The fourth-order valence-electron chi connectivity index (χ4n) is 3.61. The summed E-state index contributed by atoms with van der Waals surface area (Å²) in [5, 5.41) is 1.50. The highest BCUT2D eigenvalue weighted by molar-refractivity contribution is 6.31. The lowest BCUT2D eigenvalue weighted by Crippen LogP contribution is -1.96. The number of ether oxygens (including phenoxy) is 2. The molecule has 29 heavy (non-hydrogen) atoms.